The summed E-state index contributed by atoms with van der Waals surface area (Å²) < 4.78 is 26.1. The number of aliphatic carboxylic acids is 1. The summed E-state index contributed by atoms with van der Waals surface area (Å²) in [6.07, 6.45) is 6.64. The molecule has 92 valence electrons. The first kappa shape index (κ1) is 13.2. The third-order valence-corrected chi connectivity index (χ3v) is 3.39. The van der Waals surface area contributed by atoms with Crippen LogP contribution in [0.25, 0.3) is 0 Å². The Balaban J connectivity index is 2.59. The second-order valence-electron chi connectivity index (χ2n) is 4.08. The Labute approximate surface area is 95.2 Å². The monoisotopic (exact) mass is 248 g/mol. The highest BCUT2D eigenvalue weighted by Gasteiger charge is 2.37. The van der Waals surface area contributed by atoms with Crippen molar-refractivity contribution in [2.45, 2.75) is 25.7 Å². The Morgan fingerprint density at radius 1 is 1.50 bits per heavy atom. The lowest BCUT2D eigenvalue weighted by atomic mass is 9.75. The van der Waals surface area contributed by atoms with Gasteiger partial charge in [0, 0.05) is 0 Å². The van der Waals surface area contributed by atoms with Gasteiger partial charge in [0.2, 0.25) is 0 Å². The highest BCUT2D eigenvalue weighted by molar-refractivity contribution is 7.85. The molecule has 5 nitrogen and oxygen atoms in total. The highest BCUT2D eigenvalue weighted by Crippen LogP contribution is 2.36. The Morgan fingerprint density at radius 2 is 2.19 bits per heavy atom. The lowest BCUT2D eigenvalue weighted by Crippen LogP contribution is -2.33. The molecule has 0 aromatic rings. The van der Waals surface area contributed by atoms with Gasteiger partial charge in [-0.05, 0) is 25.7 Å². The molecule has 16 heavy (non-hydrogen) atoms. The standard InChI is InChI=1S/C10H16O5S/c1-16(13,14)15-8-7-10(9(11)12)5-3-2-4-6-10/h2-3H,4-8H2,1H3,(H,11,12). The average Bonchev–Trinajstić information content (AvgIpc) is 2.17. The molecule has 1 unspecified atom stereocenters. The van der Waals surface area contributed by atoms with Crippen molar-refractivity contribution in [1.29, 1.82) is 0 Å². The Bertz CT molecular complexity index is 384. The molecule has 1 aliphatic carbocycles. The molecule has 0 fully saturated rings. The van der Waals surface area contributed by atoms with E-state index in [-0.39, 0.29) is 13.0 Å². The van der Waals surface area contributed by atoms with Crippen LogP contribution < -0.4 is 0 Å². The molecule has 0 amide bonds. The van der Waals surface area contributed by atoms with Gasteiger partial charge in [-0.15, -0.1) is 0 Å². The minimum absolute atomic E-state index is 0.0705. The van der Waals surface area contributed by atoms with Crippen LogP contribution in [0.15, 0.2) is 12.2 Å². The summed E-state index contributed by atoms with van der Waals surface area (Å²) >= 11 is 0. The first-order valence-electron chi connectivity index (χ1n) is 5.09. The summed E-state index contributed by atoms with van der Waals surface area (Å²) in [5.74, 6) is -0.881. The Hall–Kier alpha value is -0.880. The van der Waals surface area contributed by atoms with Crippen LogP contribution in [0.3, 0.4) is 0 Å². The number of rotatable bonds is 5. The normalized spacial score (nSPS) is 25.6. The van der Waals surface area contributed by atoms with Gasteiger partial charge in [0.15, 0.2) is 0 Å². The van der Waals surface area contributed by atoms with E-state index in [0.717, 1.165) is 6.26 Å². The van der Waals surface area contributed by atoms with E-state index in [2.05, 4.69) is 4.18 Å². The lowest BCUT2D eigenvalue weighted by molar-refractivity contribution is -0.150. The first-order valence-corrected chi connectivity index (χ1v) is 6.90. The van der Waals surface area contributed by atoms with E-state index < -0.39 is 21.5 Å². The fourth-order valence-electron chi connectivity index (χ4n) is 1.81. The Kier molecular flexibility index (Phi) is 4.09. The van der Waals surface area contributed by atoms with Gasteiger partial charge in [0.05, 0.1) is 18.3 Å². The second-order valence-corrected chi connectivity index (χ2v) is 5.72. The SMILES string of the molecule is CS(=O)(=O)OCCC1(C(=O)O)CC=CCC1. The van der Waals surface area contributed by atoms with E-state index >= 15 is 0 Å². The van der Waals surface area contributed by atoms with Gasteiger partial charge in [-0.3, -0.25) is 8.98 Å². The van der Waals surface area contributed by atoms with E-state index in [1.54, 1.807) is 0 Å². The Morgan fingerprint density at radius 3 is 2.62 bits per heavy atom. The average molecular weight is 248 g/mol. The third-order valence-electron chi connectivity index (χ3n) is 2.80. The van der Waals surface area contributed by atoms with Crippen LogP contribution in [-0.2, 0) is 19.1 Å². The quantitative estimate of drug-likeness (QED) is 0.583. The second kappa shape index (κ2) is 4.97. The predicted octanol–water partition coefficient (Wildman–Crippen LogP) is 1.16. The number of hydrogen-bond acceptors (Lipinski definition) is 4. The lowest BCUT2D eigenvalue weighted by Gasteiger charge is -2.30. The maximum absolute atomic E-state index is 11.2. The largest absolute Gasteiger partial charge is 0.481 e. The molecule has 0 aromatic carbocycles. The number of carboxylic acid groups (broad SMARTS) is 1. The predicted molar refractivity (Wildman–Crippen MR) is 58.5 cm³/mol. The van der Waals surface area contributed by atoms with Gasteiger partial charge in [0.1, 0.15) is 0 Å². The van der Waals surface area contributed by atoms with Crippen LogP contribution in [0.2, 0.25) is 0 Å². The molecule has 0 saturated heterocycles. The van der Waals surface area contributed by atoms with Crippen molar-refractivity contribution in [3.63, 3.8) is 0 Å². The molecule has 6 heteroatoms. The van der Waals surface area contributed by atoms with Crippen LogP contribution >= 0.6 is 0 Å². The van der Waals surface area contributed by atoms with E-state index in [1.807, 2.05) is 12.2 Å². The van der Waals surface area contributed by atoms with E-state index in [4.69, 9.17) is 0 Å². The number of carbonyl (C=O) groups is 1. The molecule has 0 radical (unpaired) electrons. The van der Waals surface area contributed by atoms with Crippen LogP contribution in [-0.4, -0.2) is 32.4 Å². The first-order chi connectivity index (χ1) is 7.36. The molecular formula is C10H16O5S. The number of allylic oxidation sites excluding steroid dienone is 2. The van der Waals surface area contributed by atoms with Crippen LogP contribution in [0, 0.1) is 5.41 Å². The van der Waals surface area contributed by atoms with E-state index in [9.17, 15) is 18.3 Å². The molecule has 1 N–H and O–H groups in total. The van der Waals surface area contributed by atoms with Crippen molar-refractivity contribution in [2.75, 3.05) is 12.9 Å². The van der Waals surface area contributed by atoms with Crippen LogP contribution in [0.4, 0.5) is 0 Å². The molecule has 1 aliphatic rings. The van der Waals surface area contributed by atoms with Gasteiger partial charge < -0.3 is 5.11 Å². The third kappa shape index (κ3) is 3.61. The molecular weight excluding hydrogens is 232 g/mol. The topological polar surface area (TPSA) is 80.7 Å². The van der Waals surface area contributed by atoms with Crippen molar-refractivity contribution >= 4 is 16.1 Å². The minimum atomic E-state index is -3.49. The summed E-state index contributed by atoms with van der Waals surface area (Å²) in [6.45, 7) is -0.0705. The summed E-state index contributed by atoms with van der Waals surface area (Å²) in [5, 5.41) is 9.18. The molecule has 0 saturated carbocycles. The molecule has 0 aliphatic heterocycles. The van der Waals surface area contributed by atoms with Crippen LogP contribution in [0.1, 0.15) is 25.7 Å². The summed E-state index contributed by atoms with van der Waals surface area (Å²) in [6, 6.07) is 0. The van der Waals surface area contributed by atoms with Crippen molar-refractivity contribution < 1.29 is 22.5 Å². The van der Waals surface area contributed by atoms with Crippen molar-refractivity contribution in [2.24, 2.45) is 5.41 Å². The molecule has 1 atom stereocenters. The van der Waals surface area contributed by atoms with E-state index in [1.165, 1.54) is 0 Å². The zero-order valence-corrected chi connectivity index (χ0v) is 10.00. The summed E-state index contributed by atoms with van der Waals surface area (Å²) in [7, 11) is -3.49. The van der Waals surface area contributed by atoms with E-state index in [0.29, 0.717) is 19.3 Å². The van der Waals surface area contributed by atoms with Gasteiger partial charge in [-0.1, -0.05) is 12.2 Å². The summed E-state index contributed by atoms with van der Waals surface area (Å²) in [4.78, 5) is 11.2. The highest BCUT2D eigenvalue weighted by atomic mass is 32.2. The number of carboxylic acids is 1. The molecule has 0 bridgehead atoms. The van der Waals surface area contributed by atoms with Crippen LogP contribution in [0.5, 0.6) is 0 Å². The maximum atomic E-state index is 11.2. The van der Waals surface area contributed by atoms with Gasteiger partial charge in [-0.25, -0.2) is 0 Å². The van der Waals surface area contributed by atoms with Gasteiger partial charge in [-0.2, -0.15) is 8.42 Å². The number of hydrogen-bond donors (Lipinski definition) is 1. The zero-order chi connectivity index (χ0) is 12.2. The molecule has 1 rings (SSSR count). The fourth-order valence-corrected chi connectivity index (χ4v) is 2.19. The fraction of sp³-hybridized carbons (Fsp3) is 0.700. The smallest absolute Gasteiger partial charge is 0.310 e. The van der Waals surface area contributed by atoms with Crippen molar-refractivity contribution in [3.8, 4) is 0 Å². The van der Waals surface area contributed by atoms with Gasteiger partial charge in [0.25, 0.3) is 10.1 Å². The maximum Gasteiger partial charge on any atom is 0.310 e. The van der Waals surface area contributed by atoms with Crippen molar-refractivity contribution in [3.05, 3.63) is 12.2 Å². The molecule has 0 heterocycles. The minimum Gasteiger partial charge on any atom is -0.481 e. The zero-order valence-electron chi connectivity index (χ0n) is 9.18. The van der Waals surface area contributed by atoms with Gasteiger partial charge >= 0.3 is 5.97 Å². The van der Waals surface area contributed by atoms with Crippen molar-refractivity contribution in [1.82, 2.24) is 0 Å². The summed E-state index contributed by atoms with van der Waals surface area (Å²) in [5.41, 5.74) is -0.862. The molecule has 0 aromatic heterocycles. The molecule has 0 spiro atoms.